The Morgan fingerprint density at radius 2 is 2.03 bits per heavy atom. The van der Waals surface area contributed by atoms with Gasteiger partial charge < -0.3 is 9.80 Å². The van der Waals surface area contributed by atoms with Crippen molar-refractivity contribution in [2.45, 2.75) is 46.6 Å². The predicted octanol–water partition coefficient (Wildman–Crippen LogP) is 5.22. The molecule has 2 atom stereocenters. The number of pyridine rings is 1. The van der Waals surface area contributed by atoms with Crippen molar-refractivity contribution in [1.29, 1.82) is 5.41 Å². The minimum atomic E-state index is -0.628. The van der Waals surface area contributed by atoms with E-state index in [4.69, 9.17) is 5.41 Å². The number of rotatable bonds is 5. The average Bonchev–Trinajstić information content (AvgIpc) is 3.34. The molecule has 0 bridgehead atoms. The normalized spacial score (nSPS) is 20.2. The highest BCUT2D eigenvalue weighted by Crippen LogP contribution is 2.42. The first-order valence-electron chi connectivity index (χ1n) is 12.9. The van der Waals surface area contributed by atoms with Crippen molar-refractivity contribution in [3.63, 3.8) is 0 Å². The van der Waals surface area contributed by atoms with Gasteiger partial charge in [-0.1, -0.05) is 38.8 Å². The molecule has 2 aromatic rings. The molecule has 4 rings (SSSR count). The van der Waals surface area contributed by atoms with Crippen LogP contribution in [0.4, 0.5) is 4.39 Å². The molecular weight excluding hydrogens is 513 g/mol. The van der Waals surface area contributed by atoms with Gasteiger partial charge in [-0.25, -0.2) is 4.39 Å². The third-order valence-corrected chi connectivity index (χ3v) is 7.48. The highest BCUT2D eigenvalue weighted by Gasteiger charge is 2.57. The highest BCUT2D eigenvalue weighted by atomic mass is 32.2. The second kappa shape index (κ2) is 14.5. The molecular formula is C30H38FN5O2S. The van der Waals surface area contributed by atoms with Crippen LogP contribution in [0.3, 0.4) is 0 Å². The molecule has 2 aliphatic rings. The Balaban J connectivity index is 0.000000451. The standard InChI is InChI=1S/C21H25N5O2S.C7H7F.C2H6/c1-5-7-15-8-16(10-23-9-15)18(29-4)12-26-20(22)24(3)19(28)17-11-25(14-27)13-21(17,26)6-2;1-6-3-2-4-7(8)5-6;1-2/h8-10,12,14,17,22H,6,11,13H2,1-4H3;2-5H,1H3;1-2H3/b18-12-,22-20?;;/t17?,21-;;/m0../s1. The van der Waals surface area contributed by atoms with Crippen LogP contribution in [0.15, 0.2) is 48.9 Å². The summed E-state index contributed by atoms with van der Waals surface area (Å²) in [5.41, 5.74) is 2.06. The van der Waals surface area contributed by atoms with Crippen LogP contribution in [-0.4, -0.2) is 69.9 Å². The van der Waals surface area contributed by atoms with Crippen LogP contribution in [0.5, 0.6) is 0 Å². The zero-order chi connectivity index (χ0) is 29.2. The van der Waals surface area contributed by atoms with E-state index in [0.29, 0.717) is 19.5 Å². The number of aryl methyl sites for hydroxylation is 1. The van der Waals surface area contributed by atoms with Crippen molar-refractivity contribution in [2.75, 3.05) is 26.4 Å². The van der Waals surface area contributed by atoms with E-state index in [9.17, 15) is 14.0 Å². The molecule has 0 spiro atoms. The maximum absolute atomic E-state index is 12.9. The number of guanidine groups is 1. The molecule has 0 radical (unpaired) electrons. The Labute approximate surface area is 236 Å². The van der Waals surface area contributed by atoms with Gasteiger partial charge in [0.1, 0.15) is 5.82 Å². The first-order valence-corrected chi connectivity index (χ1v) is 14.1. The third kappa shape index (κ3) is 7.07. The molecule has 7 nitrogen and oxygen atoms in total. The number of hydrogen-bond donors (Lipinski definition) is 1. The summed E-state index contributed by atoms with van der Waals surface area (Å²) in [6, 6.07) is 8.47. The van der Waals surface area contributed by atoms with Gasteiger partial charge in [-0.05, 0) is 50.3 Å². The first-order chi connectivity index (χ1) is 18.7. The lowest BCUT2D eigenvalue weighted by Gasteiger charge is -2.49. The molecule has 0 aliphatic carbocycles. The van der Waals surface area contributed by atoms with Crippen LogP contribution in [0.25, 0.3) is 4.91 Å². The van der Waals surface area contributed by atoms with Crippen molar-refractivity contribution in [1.82, 2.24) is 19.7 Å². The molecule has 3 heterocycles. The van der Waals surface area contributed by atoms with Gasteiger partial charge in [0.25, 0.3) is 0 Å². The Kier molecular flexibility index (Phi) is 11.7. The van der Waals surface area contributed by atoms with Crippen LogP contribution in [0.1, 0.15) is 50.8 Å². The molecule has 9 heteroatoms. The number of carbonyl (C=O) groups excluding carboxylic acids is 2. The van der Waals surface area contributed by atoms with Gasteiger partial charge in [0.15, 0.2) is 0 Å². The number of benzene rings is 1. The highest BCUT2D eigenvalue weighted by molar-refractivity contribution is 8.07. The van der Waals surface area contributed by atoms with Gasteiger partial charge in [0.05, 0.1) is 11.5 Å². The lowest BCUT2D eigenvalue weighted by atomic mass is 9.80. The van der Waals surface area contributed by atoms with E-state index < -0.39 is 5.54 Å². The average molecular weight is 552 g/mol. The van der Waals surface area contributed by atoms with Gasteiger partial charge in [-0.2, -0.15) is 0 Å². The SMILES string of the molecule is CC.CC#Cc1cncc(/C(=C/N2C(=N)N(C)C(=O)C3CN(C=O)C[C@@]32CC)SC)c1.Cc1cccc(F)c1. The molecule has 208 valence electrons. The van der Waals surface area contributed by atoms with E-state index in [1.807, 2.05) is 57.2 Å². The summed E-state index contributed by atoms with van der Waals surface area (Å²) in [4.78, 5) is 34.5. The van der Waals surface area contributed by atoms with Crippen LogP contribution in [0.2, 0.25) is 0 Å². The summed E-state index contributed by atoms with van der Waals surface area (Å²) in [7, 11) is 1.62. The fourth-order valence-corrected chi connectivity index (χ4v) is 5.31. The number of carbonyl (C=O) groups is 2. The van der Waals surface area contributed by atoms with E-state index in [-0.39, 0.29) is 23.6 Å². The van der Waals surface area contributed by atoms with Crippen LogP contribution < -0.4 is 0 Å². The van der Waals surface area contributed by atoms with Crippen LogP contribution >= 0.6 is 11.8 Å². The van der Waals surface area contributed by atoms with Gasteiger partial charge >= 0.3 is 0 Å². The fourth-order valence-electron chi connectivity index (χ4n) is 4.75. The van der Waals surface area contributed by atoms with Crippen LogP contribution in [0, 0.1) is 35.9 Å². The molecule has 2 aliphatic heterocycles. The van der Waals surface area contributed by atoms with Gasteiger partial charge in [0.2, 0.25) is 18.3 Å². The summed E-state index contributed by atoms with van der Waals surface area (Å²) in [5.74, 6) is 5.37. The number of amides is 2. The number of halogens is 1. The maximum atomic E-state index is 12.9. The van der Waals surface area contributed by atoms with Crippen molar-refractivity contribution in [2.24, 2.45) is 5.92 Å². The number of nitrogens with one attached hydrogen (secondary N) is 1. The predicted molar refractivity (Wildman–Crippen MR) is 157 cm³/mol. The third-order valence-electron chi connectivity index (χ3n) is 6.70. The smallest absolute Gasteiger partial charge is 0.236 e. The summed E-state index contributed by atoms with van der Waals surface area (Å²) in [6.45, 7) is 10.4. The number of nitrogens with zero attached hydrogens (tertiary/aromatic N) is 4. The number of thioether (sulfide) groups is 1. The Hall–Kier alpha value is -3.64. The molecule has 1 aromatic carbocycles. The summed E-state index contributed by atoms with van der Waals surface area (Å²) in [6.07, 6.45) is 8.81. The number of aromatic nitrogens is 1. The molecule has 0 saturated carbocycles. The number of fused-ring (bicyclic) bond motifs is 1. The van der Waals surface area contributed by atoms with E-state index in [1.54, 1.807) is 49.1 Å². The first kappa shape index (κ1) is 31.6. The number of hydrogen-bond acceptors (Lipinski definition) is 5. The van der Waals surface area contributed by atoms with Gasteiger partial charge in [-0.3, -0.25) is 24.9 Å². The maximum Gasteiger partial charge on any atom is 0.236 e. The van der Waals surface area contributed by atoms with E-state index in [0.717, 1.165) is 28.0 Å². The topological polar surface area (TPSA) is 80.6 Å². The Morgan fingerprint density at radius 1 is 1.31 bits per heavy atom. The Bertz CT molecular complexity index is 1250. The van der Waals surface area contributed by atoms with Crippen molar-refractivity contribution in [3.8, 4) is 11.8 Å². The largest absolute Gasteiger partial charge is 0.342 e. The molecule has 1 unspecified atom stereocenters. The summed E-state index contributed by atoms with van der Waals surface area (Å²) >= 11 is 1.55. The minimum Gasteiger partial charge on any atom is -0.342 e. The minimum absolute atomic E-state index is 0.113. The molecule has 1 N–H and O–H groups in total. The fraction of sp³-hybridized carbons (Fsp3) is 0.400. The molecule has 1 aromatic heterocycles. The molecule has 39 heavy (non-hydrogen) atoms. The second-order valence-corrected chi connectivity index (χ2v) is 9.82. The van der Waals surface area contributed by atoms with E-state index in [1.165, 1.54) is 17.0 Å². The summed E-state index contributed by atoms with van der Waals surface area (Å²) in [5, 5.41) is 8.66. The lowest BCUT2D eigenvalue weighted by molar-refractivity contribution is -0.136. The lowest BCUT2D eigenvalue weighted by Crippen LogP contribution is -2.66. The number of likely N-dealkylation sites (tertiary alicyclic amines) is 1. The van der Waals surface area contributed by atoms with Crippen molar-refractivity contribution in [3.05, 3.63) is 71.4 Å². The van der Waals surface area contributed by atoms with Gasteiger partial charge in [-0.15, -0.1) is 17.7 Å². The second-order valence-electron chi connectivity index (χ2n) is 8.97. The monoisotopic (exact) mass is 551 g/mol. The quantitative estimate of drug-likeness (QED) is 0.407. The van der Waals surface area contributed by atoms with Crippen molar-refractivity contribution < 1.29 is 14.0 Å². The van der Waals surface area contributed by atoms with E-state index in [2.05, 4.69) is 16.8 Å². The molecule has 2 fully saturated rings. The van der Waals surface area contributed by atoms with Crippen LogP contribution in [-0.2, 0) is 9.59 Å². The van der Waals surface area contributed by atoms with Crippen molar-refractivity contribution >= 4 is 34.9 Å². The zero-order valence-corrected chi connectivity index (χ0v) is 24.6. The van der Waals surface area contributed by atoms with Gasteiger partial charge in [0, 0.05) is 54.8 Å². The Morgan fingerprint density at radius 3 is 2.56 bits per heavy atom. The molecule has 2 saturated heterocycles. The van der Waals surface area contributed by atoms with E-state index >= 15 is 0 Å². The summed E-state index contributed by atoms with van der Waals surface area (Å²) < 4.78 is 12.2. The molecule has 2 amide bonds. The zero-order valence-electron chi connectivity index (χ0n) is 23.8.